The van der Waals surface area contributed by atoms with E-state index in [1.807, 2.05) is 69.3 Å². The normalized spacial score (nSPS) is 14.8. The molecule has 1 fully saturated rings. The second kappa shape index (κ2) is 11.0. The Labute approximate surface area is 185 Å². The number of benzene rings is 2. The molecule has 0 aromatic heterocycles. The molecule has 2 aromatic rings. The van der Waals surface area contributed by atoms with Crippen LogP contribution in [0.3, 0.4) is 0 Å². The Kier molecular flexibility index (Phi) is 8.10. The molecule has 0 unspecified atom stereocenters. The highest BCUT2D eigenvalue weighted by atomic mass is 16.5. The van der Waals surface area contributed by atoms with Crippen LogP contribution in [0, 0.1) is 13.8 Å². The van der Waals surface area contributed by atoms with Gasteiger partial charge in [-0.3, -0.25) is 9.59 Å². The fraction of sp³-hybridized carbons (Fsp3) is 0.462. The highest BCUT2D eigenvalue weighted by Gasteiger charge is 2.31. The molecule has 31 heavy (non-hydrogen) atoms. The third kappa shape index (κ3) is 6.33. The summed E-state index contributed by atoms with van der Waals surface area (Å²) in [6.07, 6.45) is 4.89. The molecule has 0 spiro atoms. The van der Waals surface area contributed by atoms with Crippen LogP contribution in [0.2, 0.25) is 0 Å². The summed E-state index contributed by atoms with van der Waals surface area (Å²) in [5, 5.41) is 3.17. The first-order valence-electron chi connectivity index (χ1n) is 11.3. The number of carbonyl (C=O) groups is 2. The first-order valence-corrected chi connectivity index (χ1v) is 11.3. The SMILES string of the molecule is CC[C@H](C(=O)NC1CCCC1)N(Cc1ccccc1C)C(=O)COc1ccc(C)cc1. The minimum absolute atomic E-state index is 0.0633. The van der Waals surface area contributed by atoms with Gasteiger partial charge in [0.1, 0.15) is 11.8 Å². The van der Waals surface area contributed by atoms with E-state index in [1.165, 1.54) is 0 Å². The molecule has 5 nitrogen and oxygen atoms in total. The number of ether oxygens (including phenoxy) is 1. The fourth-order valence-corrected chi connectivity index (χ4v) is 4.12. The molecule has 0 saturated heterocycles. The number of nitrogens with one attached hydrogen (secondary N) is 1. The highest BCUT2D eigenvalue weighted by Crippen LogP contribution is 2.20. The molecule has 2 aromatic carbocycles. The summed E-state index contributed by atoms with van der Waals surface area (Å²) in [4.78, 5) is 28.1. The molecule has 5 heteroatoms. The van der Waals surface area contributed by atoms with E-state index in [2.05, 4.69) is 5.32 Å². The Balaban J connectivity index is 1.76. The van der Waals surface area contributed by atoms with E-state index in [1.54, 1.807) is 4.90 Å². The summed E-state index contributed by atoms with van der Waals surface area (Å²) >= 11 is 0. The molecule has 0 radical (unpaired) electrons. The molecule has 0 aliphatic heterocycles. The number of hydrogen-bond acceptors (Lipinski definition) is 3. The number of hydrogen-bond donors (Lipinski definition) is 1. The maximum absolute atomic E-state index is 13.3. The van der Waals surface area contributed by atoms with Crippen molar-refractivity contribution in [3.05, 3.63) is 65.2 Å². The lowest BCUT2D eigenvalue weighted by atomic mass is 10.1. The third-order valence-electron chi connectivity index (χ3n) is 6.07. The van der Waals surface area contributed by atoms with Gasteiger partial charge in [0, 0.05) is 12.6 Å². The Morgan fingerprint density at radius 2 is 1.74 bits per heavy atom. The van der Waals surface area contributed by atoms with E-state index < -0.39 is 6.04 Å². The summed E-state index contributed by atoms with van der Waals surface area (Å²) in [6.45, 7) is 6.29. The second-order valence-corrected chi connectivity index (χ2v) is 8.46. The van der Waals surface area contributed by atoms with Crippen LogP contribution in [-0.2, 0) is 16.1 Å². The molecule has 0 heterocycles. The van der Waals surface area contributed by atoms with Gasteiger partial charge in [-0.2, -0.15) is 0 Å². The molecule has 3 rings (SSSR count). The van der Waals surface area contributed by atoms with Crippen molar-refractivity contribution in [3.63, 3.8) is 0 Å². The Hall–Kier alpha value is -2.82. The predicted molar refractivity (Wildman–Crippen MR) is 123 cm³/mol. The molecular weight excluding hydrogens is 388 g/mol. The van der Waals surface area contributed by atoms with Crippen LogP contribution in [0.1, 0.15) is 55.7 Å². The van der Waals surface area contributed by atoms with Crippen molar-refractivity contribution in [2.24, 2.45) is 0 Å². The number of rotatable bonds is 9. The summed E-state index contributed by atoms with van der Waals surface area (Å²) in [5.41, 5.74) is 3.28. The third-order valence-corrected chi connectivity index (χ3v) is 6.07. The Morgan fingerprint density at radius 1 is 1.06 bits per heavy atom. The van der Waals surface area contributed by atoms with Crippen LogP contribution >= 0.6 is 0 Å². The van der Waals surface area contributed by atoms with Crippen LogP contribution < -0.4 is 10.1 Å². The van der Waals surface area contributed by atoms with Crippen LogP contribution in [0.25, 0.3) is 0 Å². The number of nitrogens with zero attached hydrogens (tertiary/aromatic N) is 1. The zero-order valence-electron chi connectivity index (χ0n) is 18.9. The zero-order chi connectivity index (χ0) is 22.2. The summed E-state index contributed by atoms with van der Waals surface area (Å²) < 4.78 is 5.76. The van der Waals surface area contributed by atoms with Gasteiger partial charge in [-0.1, -0.05) is 61.7 Å². The lowest BCUT2D eigenvalue weighted by Gasteiger charge is -2.32. The molecule has 1 aliphatic rings. The molecule has 1 N–H and O–H groups in total. The minimum Gasteiger partial charge on any atom is -0.484 e. The molecule has 166 valence electrons. The second-order valence-electron chi connectivity index (χ2n) is 8.46. The first kappa shape index (κ1) is 22.9. The van der Waals surface area contributed by atoms with Gasteiger partial charge in [0.05, 0.1) is 0 Å². The van der Waals surface area contributed by atoms with Gasteiger partial charge in [-0.15, -0.1) is 0 Å². The largest absolute Gasteiger partial charge is 0.484 e. The number of carbonyl (C=O) groups excluding carboxylic acids is 2. The monoisotopic (exact) mass is 422 g/mol. The van der Waals surface area contributed by atoms with E-state index in [4.69, 9.17) is 4.74 Å². The van der Waals surface area contributed by atoms with Crippen molar-refractivity contribution in [2.75, 3.05) is 6.61 Å². The van der Waals surface area contributed by atoms with Crippen LogP contribution in [0.4, 0.5) is 0 Å². The average molecular weight is 423 g/mol. The quantitative estimate of drug-likeness (QED) is 0.645. The van der Waals surface area contributed by atoms with Gasteiger partial charge in [-0.25, -0.2) is 0 Å². The van der Waals surface area contributed by atoms with Gasteiger partial charge in [0.25, 0.3) is 5.91 Å². The molecular formula is C26H34N2O3. The smallest absolute Gasteiger partial charge is 0.261 e. The van der Waals surface area contributed by atoms with Gasteiger partial charge in [-0.05, 0) is 56.4 Å². The van der Waals surface area contributed by atoms with E-state index in [9.17, 15) is 9.59 Å². The summed E-state index contributed by atoms with van der Waals surface area (Å²) in [7, 11) is 0. The van der Waals surface area contributed by atoms with E-state index in [-0.39, 0.29) is 24.5 Å². The predicted octanol–water partition coefficient (Wildman–Crippen LogP) is 4.55. The van der Waals surface area contributed by atoms with E-state index in [0.717, 1.165) is 42.4 Å². The van der Waals surface area contributed by atoms with E-state index in [0.29, 0.717) is 18.7 Å². The van der Waals surface area contributed by atoms with Crippen molar-refractivity contribution < 1.29 is 14.3 Å². The molecule has 1 saturated carbocycles. The lowest BCUT2D eigenvalue weighted by molar-refractivity contribution is -0.143. The van der Waals surface area contributed by atoms with Crippen molar-refractivity contribution >= 4 is 11.8 Å². The van der Waals surface area contributed by atoms with Gasteiger partial charge in [0.15, 0.2) is 6.61 Å². The van der Waals surface area contributed by atoms with Gasteiger partial charge >= 0.3 is 0 Å². The lowest BCUT2D eigenvalue weighted by Crippen LogP contribution is -2.52. The molecule has 1 aliphatic carbocycles. The van der Waals surface area contributed by atoms with E-state index >= 15 is 0 Å². The van der Waals surface area contributed by atoms with Gasteiger partial charge in [0.2, 0.25) is 5.91 Å². The Morgan fingerprint density at radius 3 is 2.39 bits per heavy atom. The van der Waals surface area contributed by atoms with Crippen LogP contribution in [0.5, 0.6) is 5.75 Å². The standard InChI is InChI=1S/C26H34N2O3/c1-4-24(26(30)27-22-11-7-8-12-22)28(17-21-10-6-5-9-20(21)3)25(29)18-31-23-15-13-19(2)14-16-23/h5-6,9-10,13-16,22,24H,4,7-8,11-12,17-18H2,1-3H3,(H,27,30)/t24-/m1/s1. The van der Waals surface area contributed by atoms with Crippen molar-refractivity contribution in [3.8, 4) is 5.75 Å². The Bertz CT molecular complexity index is 872. The molecule has 0 bridgehead atoms. The topological polar surface area (TPSA) is 58.6 Å². The van der Waals surface area contributed by atoms with Crippen molar-refractivity contribution in [1.82, 2.24) is 10.2 Å². The van der Waals surface area contributed by atoms with Crippen LogP contribution in [-0.4, -0.2) is 35.4 Å². The van der Waals surface area contributed by atoms with Crippen molar-refractivity contribution in [2.45, 2.75) is 71.5 Å². The maximum atomic E-state index is 13.3. The number of amides is 2. The van der Waals surface area contributed by atoms with Crippen LogP contribution in [0.15, 0.2) is 48.5 Å². The average Bonchev–Trinajstić information content (AvgIpc) is 3.27. The maximum Gasteiger partial charge on any atom is 0.261 e. The summed E-state index contributed by atoms with van der Waals surface area (Å²) in [6, 6.07) is 15.3. The highest BCUT2D eigenvalue weighted by molar-refractivity contribution is 5.88. The first-order chi connectivity index (χ1) is 15.0. The fourth-order valence-electron chi connectivity index (χ4n) is 4.12. The summed E-state index contributed by atoms with van der Waals surface area (Å²) in [5.74, 6) is 0.405. The molecule has 1 atom stereocenters. The number of aryl methyl sites for hydroxylation is 2. The van der Waals surface area contributed by atoms with Gasteiger partial charge < -0.3 is 15.0 Å². The minimum atomic E-state index is -0.519. The molecule has 2 amide bonds. The van der Waals surface area contributed by atoms with Crippen molar-refractivity contribution in [1.29, 1.82) is 0 Å². The zero-order valence-corrected chi connectivity index (χ0v) is 18.9.